The number of unbranched alkanes of at least 4 members (excludes halogenated alkanes) is 1. The normalized spacial score (nSPS) is 10.9. The van der Waals surface area contributed by atoms with Crippen LogP contribution < -0.4 is 0 Å². The summed E-state index contributed by atoms with van der Waals surface area (Å²) in [5.41, 5.74) is 3.68. The molecule has 0 aliphatic rings. The lowest BCUT2D eigenvalue weighted by Gasteiger charge is -2.08. The van der Waals surface area contributed by atoms with Crippen molar-refractivity contribution in [2.75, 3.05) is 0 Å². The molecule has 0 spiro atoms. The van der Waals surface area contributed by atoms with E-state index in [2.05, 4.69) is 41.4 Å². The molecular formula is C15H21N3S. The quantitative estimate of drug-likeness (QED) is 0.747. The first-order valence-corrected chi connectivity index (χ1v) is 7.76. The van der Waals surface area contributed by atoms with Crippen LogP contribution in [0.3, 0.4) is 0 Å². The molecule has 0 aromatic carbocycles. The Labute approximate surface area is 119 Å². The van der Waals surface area contributed by atoms with Crippen molar-refractivity contribution >= 4 is 11.8 Å². The maximum absolute atomic E-state index is 4.68. The van der Waals surface area contributed by atoms with E-state index in [-0.39, 0.29) is 0 Å². The van der Waals surface area contributed by atoms with Crippen LogP contribution in [0.2, 0.25) is 0 Å². The van der Waals surface area contributed by atoms with E-state index < -0.39 is 0 Å². The van der Waals surface area contributed by atoms with Gasteiger partial charge in [0.05, 0.1) is 5.69 Å². The van der Waals surface area contributed by atoms with Gasteiger partial charge in [-0.3, -0.25) is 4.98 Å². The standard InChI is InChI=1S/C15H21N3S/c1-4-5-9-18-13(3)12(2)17-15(18)19-11-14-7-6-8-16-10-14/h6-8,10H,4-5,9,11H2,1-3H3. The van der Waals surface area contributed by atoms with Crippen molar-refractivity contribution in [1.82, 2.24) is 14.5 Å². The van der Waals surface area contributed by atoms with Gasteiger partial charge in [0.1, 0.15) is 0 Å². The summed E-state index contributed by atoms with van der Waals surface area (Å²) in [5, 5.41) is 1.13. The van der Waals surface area contributed by atoms with E-state index in [1.807, 2.05) is 18.5 Å². The fourth-order valence-corrected chi connectivity index (χ4v) is 3.00. The van der Waals surface area contributed by atoms with E-state index >= 15 is 0 Å². The van der Waals surface area contributed by atoms with Crippen molar-refractivity contribution in [2.24, 2.45) is 0 Å². The second kappa shape index (κ2) is 6.75. The fraction of sp³-hybridized carbons (Fsp3) is 0.467. The molecule has 4 heteroatoms. The van der Waals surface area contributed by atoms with Crippen LogP contribution in [0.4, 0.5) is 0 Å². The Morgan fingerprint density at radius 2 is 2.16 bits per heavy atom. The Kier molecular flexibility index (Phi) is 5.02. The molecule has 0 amide bonds. The van der Waals surface area contributed by atoms with Gasteiger partial charge in [-0.05, 0) is 31.9 Å². The number of nitrogens with zero attached hydrogens (tertiary/aromatic N) is 3. The van der Waals surface area contributed by atoms with Crippen molar-refractivity contribution in [3.63, 3.8) is 0 Å². The molecule has 2 heterocycles. The first-order chi connectivity index (χ1) is 9.22. The van der Waals surface area contributed by atoms with Gasteiger partial charge in [0.15, 0.2) is 5.16 Å². The monoisotopic (exact) mass is 275 g/mol. The minimum Gasteiger partial charge on any atom is -0.323 e. The largest absolute Gasteiger partial charge is 0.323 e. The number of aryl methyl sites for hydroxylation is 1. The van der Waals surface area contributed by atoms with Gasteiger partial charge in [-0.1, -0.05) is 31.2 Å². The van der Waals surface area contributed by atoms with E-state index in [9.17, 15) is 0 Å². The number of aromatic nitrogens is 3. The van der Waals surface area contributed by atoms with Gasteiger partial charge in [0.25, 0.3) is 0 Å². The molecule has 102 valence electrons. The highest BCUT2D eigenvalue weighted by Crippen LogP contribution is 2.24. The Morgan fingerprint density at radius 1 is 1.32 bits per heavy atom. The van der Waals surface area contributed by atoms with Crippen molar-refractivity contribution in [1.29, 1.82) is 0 Å². The maximum atomic E-state index is 4.68. The Hall–Kier alpha value is -1.29. The molecule has 0 bridgehead atoms. The van der Waals surface area contributed by atoms with E-state index in [1.165, 1.54) is 24.1 Å². The lowest BCUT2D eigenvalue weighted by atomic mass is 10.3. The van der Waals surface area contributed by atoms with Gasteiger partial charge in [-0.15, -0.1) is 0 Å². The molecule has 0 aliphatic carbocycles. The maximum Gasteiger partial charge on any atom is 0.168 e. The van der Waals surface area contributed by atoms with Gasteiger partial charge in [0.2, 0.25) is 0 Å². The van der Waals surface area contributed by atoms with Crippen LogP contribution in [0, 0.1) is 13.8 Å². The predicted molar refractivity (Wildman–Crippen MR) is 80.4 cm³/mol. The second-order valence-electron chi connectivity index (χ2n) is 4.72. The summed E-state index contributed by atoms with van der Waals surface area (Å²) in [6, 6.07) is 4.09. The third-order valence-corrected chi connectivity index (χ3v) is 4.30. The van der Waals surface area contributed by atoms with Crippen molar-refractivity contribution in [2.45, 2.75) is 51.1 Å². The Balaban J connectivity index is 2.09. The zero-order valence-corrected chi connectivity index (χ0v) is 12.7. The van der Waals surface area contributed by atoms with E-state index in [4.69, 9.17) is 0 Å². The summed E-state index contributed by atoms with van der Waals surface area (Å²) in [5.74, 6) is 0.926. The van der Waals surface area contributed by atoms with Crippen LogP contribution in [-0.2, 0) is 12.3 Å². The summed E-state index contributed by atoms with van der Waals surface area (Å²) in [6.07, 6.45) is 6.15. The predicted octanol–water partition coefficient (Wildman–Crippen LogP) is 3.99. The van der Waals surface area contributed by atoms with Gasteiger partial charge in [-0.2, -0.15) is 0 Å². The molecule has 0 fully saturated rings. The van der Waals surface area contributed by atoms with Gasteiger partial charge in [-0.25, -0.2) is 4.98 Å². The van der Waals surface area contributed by atoms with Gasteiger partial charge < -0.3 is 4.57 Å². The molecule has 2 aromatic rings. The van der Waals surface area contributed by atoms with Crippen molar-refractivity contribution < 1.29 is 0 Å². The first kappa shape index (κ1) is 14.1. The summed E-state index contributed by atoms with van der Waals surface area (Å²) in [7, 11) is 0. The molecule has 19 heavy (non-hydrogen) atoms. The van der Waals surface area contributed by atoms with Crippen LogP contribution in [0.25, 0.3) is 0 Å². The average Bonchev–Trinajstić information content (AvgIpc) is 2.71. The molecular weight excluding hydrogens is 254 g/mol. The molecule has 0 saturated heterocycles. The number of thioether (sulfide) groups is 1. The SMILES string of the molecule is CCCCn1c(SCc2cccnc2)nc(C)c1C. The number of hydrogen-bond acceptors (Lipinski definition) is 3. The fourth-order valence-electron chi connectivity index (χ4n) is 1.94. The lowest BCUT2D eigenvalue weighted by molar-refractivity contribution is 0.575. The highest BCUT2D eigenvalue weighted by Gasteiger charge is 2.11. The summed E-state index contributed by atoms with van der Waals surface area (Å²) in [4.78, 5) is 8.83. The van der Waals surface area contributed by atoms with E-state index in [1.54, 1.807) is 11.8 Å². The second-order valence-corrected chi connectivity index (χ2v) is 5.66. The zero-order chi connectivity index (χ0) is 13.7. The minimum atomic E-state index is 0.926. The van der Waals surface area contributed by atoms with E-state index in [0.29, 0.717) is 0 Å². The molecule has 3 nitrogen and oxygen atoms in total. The molecule has 0 unspecified atom stereocenters. The van der Waals surface area contributed by atoms with Crippen LogP contribution in [0.1, 0.15) is 36.7 Å². The summed E-state index contributed by atoms with van der Waals surface area (Å²) < 4.78 is 2.35. The van der Waals surface area contributed by atoms with Gasteiger partial charge >= 0.3 is 0 Å². The average molecular weight is 275 g/mol. The molecule has 2 rings (SSSR count). The molecule has 0 saturated carbocycles. The number of imidazole rings is 1. The lowest BCUT2D eigenvalue weighted by Crippen LogP contribution is -2.02. The number of rotatable bonds is 6. The first-order valence-electron chi connectivity index (χ1n) is 6.77. The minimum absolute atomic E-state index is 0.926. The highest BCUT2D eigenvalue weighted by atomic mass is 32.2. The van der Waals surface area contributed by atoms with E-state index in [0.717, 1.165) is 23.1 Å². The Bertz CT molecular complexity index is 520. The van der Waals surface area contributed by atoms with Crippen LogP contribution in [0.5, 0.6) is 0 Å². The highest BCUT2D eigenvalue weighted by molar-refractivity contribution is 7.98. The van der Waals surface area contributed by atoms with Gasteiger partial charge in [0, 0.05) is 30.4 Å². The Morgan fingerprint density at radius 3 is 2.84 bits per heavy atom. The zero-order valence-electron chi connectivity index (χ0n) is 11.9. The smallest absolute Gasteiger partial charge is 0.168 e. The number of pyridine rings is 1. The number of hydrogen-bond donors (Lipinski definition) is 0. The third kappa shape index (κ3) is 3.60. The summed E-state index contributed by atoms with van der Waals surface area (Å²) in [6.45, 7) is 7.54. The third-order valence-electron chi connectivity index (χ3n) is 3.25. The molecule has 0 radical (unpaired) electrons. The van der Waals surface area contributed by atoms with Crippen LogP contribution in [0.15, 0.2) is 29.7 Å². The molecule has 0 N–H and O–H groups in total. The van der Waals surface area contributed by atoms with Crippen LogP contribution in [-0.4, -0.2) is 14.5 Å². The molecule has 2 aromatic heterocycles. The topological polar surface area (TPSA) is 30.7 Å². The molecule has 0 aliphatic heterocycles. The molecule has 0 atom stereocenters. The summed E-state index contributed by atoms with van der Waals surface area (Å²) >= 11 is 1.80. The van der Waals surface area contributed by atoms with Crippen molar-refractivity contribution in [3.8, 4) is 0 Å². The van der Waals surface area contributed by atoms with Crippen molar-refractivity contribution in [3.05, 3.63) is 41.5 Å². The van der Waals surface area contributed by atoms with Crippen LogP contribution >= 0.6 is 11.8 Å².